The first-order valence-corrected chi connectivity index (χ1v) is 7.12. The van der Waals surface area contributed by atoms with Crippen LogP contribution in [-0.4, -0.2) is 7.05 Å². The average Bonchev–Trinajstić information content (AvgIpc) is 2.42. The van der Waals surface area contributed by atoms with Crippen LogP contribution in [0, 0.1) is 25.5 Å². The molecule has 0 radical (unpaired) electrons. The van der Waals surface area contributed by atoms with E-state index in [1.54, 1.807) is 7.05 Å². The van der Waals surface area contributed by atoms with Gasteiger partial charge in [0.2, 0.25) is 0 Å². The number of hydrogen-bond donors (Lipinski definition) is 1. The molecule has 1 unspecified atom stereocenters. The molecule has 0 bridgehead atoms. The van der Waals surface area contributed by atoms with Gasteiger partial charge in [-0.1, -0.05) is 18.2 Å². The Morgan fingerprint density at radius 3 is 2.35 bits per heavy atom. The summed E-state index contributed by atoms with van der Waals surface area (Å²) in [6, 6.07) is 7.93. The summed E-state index contributed by atoms with van der Waals surface area (Å²) in [5, 5.41) is 2.99. The Bertz CT molecular complexity index is 641. The Morgan fingerprint density at radius 1 is 1.05 bits per heavy atom. The maximum Gasteiger partial charge on any atom is 0.145 e. The molecule has 0 aliphatic carbocycles. The van der Waals surface area contributed by atoms with Crippen LogP contribution in [0.15, 0.2) is 34.8 Å². The Labute approximate surface area is 126 Å². The van der Waals surface area contributed by atoms with E-state index in [-0.39, 0.29) is 10.0 Å². The predicted molar refractivity (Wildman–Crippen MR) is 80.9 cm³/mol. The van der Waals surface area contributed by atoms with Gasteiger partial charge >= 0.3 is 0 Å². The van der Waals surface area contributed by atoms with Gasteiger partial charge in [0, 0.05) is 5.56 Å². The summed E-state index contributed by atoms with van der Waals surface area (Å²) in [6.45, 7) is 3.99. The van der Waals surface area contributed by atoms with Crippen LogP contribution in [0.3, 0.4) is 0 Å². The van der Waals surface area contributed by atoms with E-state index in [2.05, 4.69) is 21.2 Å². The van der Waals surface area contributed by atoms with Crippen LogP contribution in [0.5, 0.6) is 0 Å². The van der Waals surface area contributed by atoms with Gasteiger partial charge in [-0.3, -0.25) is 0 Å². The highest BCUT2D eigenvalue weighted by Crippen LogP contribution is 2.31. The number of nitrogens with one attached hydrogen (secondary N) is 1. The van der Waals surface area contributed by atoms with Crippen molar-refractivity contribution >= 4 is 15.9 Å². The van der Waals surface area contributed by atoms with Crippen LogP contribution < -0.4 is 5.32 Å². The van der Waals surface area contributed by atoms with Crippen LogP contribution >= 0.6 is 15.9 Å². The Balaban J connectivity index is 2.58. The molecule has 0 saturated heterocycles. The third-order valence-electron chi connectivity index (χ3n) is 3.52. The highest BCUT2D eigenvalue weighted by molar-refractivity contribution is 9.10. The molecule has 0 heterocycles. The molecule has 0 spiro atoms. The normalized spacial score (nSPS) is 12.5. The van der Waals surface area contributed by atoms with Crippen molar-refractivity contribution < 1.29 is 8.78 Å². The van der Waals surface area contributed by atoms with Crippen molar-refractivity contribution in [3.63, 3.8) is 0 Å². The first-order valence-electron chi connectivity index (χ1n) is 6.33. The van der Waals surface area contributed by atoms with Crippen LogP contribution in [0.2, 0.25) is 0 Å². The van der Waals surface area contributed by atoms with E-state index in [0.717, 1.165) is 16.7 Å². The quantitative estimate of drug-likeness (QED) is 0.802. The predicted octanol–water partition coefficient (Wildman–Crippen LogP) is 4.65. The van der Waals surface area contributed by atoms with E-state index in [9.17, 15) is 8.78 Å². The molecule has 1 nitrogen and oxygen atoms in total. The molecule has 0 saturated carbocycles. The lowest BCUT2D eigenvalue weighted by molar-refractivity contribution is 0.518. The van der Waals surface area contributed by atoms with E-state index in [4.69, 9.17) is 0 Å². The molecule has 4 heteroatoms. The highest BCUT2D eigenvalue weighted by atomic mass is 79.9. The van der Waals surface area contributed by atoms with Gasteiger partial charge in [0.15, 0.2) is 0 Å². The fourth-order valence-electron chi connectivity index (χ4n) is 2.23. The maximum atomic E-state index is 14.2. The van der Waals surface area contributed by atoms with Crippen molar-refractivity contribution in [3.05, 3.63) is 68.7 Å². The van der Waals surface area contributed by atoms with Gasteiger partial charge in [-0.05, 0) is 65.6 Å². The van der Waals surface area contributed by atoms with Crippen LogP contribution in [0.4, 0.5) is 8.78 Å². The zero-order chi connectivity index (χ0) is 14.9. The lowest BCUT2D eigenvalue weighted by atomic mass is 9.95. The largest absolute Gasteiger partial charge is 0.309 e. The second-order valence-corrected chi connectivity index (χ2v) is 5.68. The minimum absolute atomic E-state index is 0.0325. The van der Waals surface area contributed by atoms with E-state index in [1.807, 2.05) is 32.0 Å². The molecule has 20 heavy (non-hydrogen) atoms. The molecule has 1 atom stereocenters. The summed E-state index contributed by atoms with van der Waals surface area (Å²) >= 11 is 3.11. The minimum Gasteiger partial charge on any atom is -0.309 e. The summed E-state index contributed by atoms with van der Waals surface area (Å²) < 4.78 is 28.5. The monoisotopic (exact) mass is 339 g/mol. The number of hydrogen-bond acceptors (Lipinski definition) is 1. The molecule has 0 amide bonds. The van der Waals surface area contributed by atoms with Crippen molar-refractivity contribution in [2.45, 2.75) is 19.9 Å². The first kappa shape index (κ1) is 15.1. The lowest BCUT2D eigenvalue weighted by Gasteiger charge is -2.20. The summed E-state index contributed by atoms with van der Waals surface area (Å²) in [7, 11) is 1.69. The molecule has 1 N–H and O–H groups in total. The summed E-state index contributed by atoms with van der Waals surface area (Å²) in [6.07, 6.45) is 0. The molecular formula is C16H16BrF2N. The van der Waals surface area contributed by atoms with Crippen molar-refractivity contribution in [2.75, 3.05) is 7.05 Å². The molecule has 2 aromatic rings. The SMILES string of the molecule is CNC(c1ccc(C)c(C)c1)c1c(F)ccc(Br)c1F. The first-order chi connectivity index (χ1) is 9.45. The van der Waals surface area contributed by atoms with Gasteiger partial charge in [0.1, 0.15) is 11.6 Å². The highest BCUT2D eigenvalue weighted by Gasteiger charge is 2.22. The Kier molecular flexibility index (Phi) is 4.55. The van der Waals surface area contributed by atoms with E-state index in [0.29, 0.717) is 0 Å². The average molecular weight is 340 g/mol. The second-order valence-electron chi connectivity index (χ2n) is 4.82. The van der Waals surface area contributed by atoms with Crippen LogP contribution in [-0.2, 0) is 0 Å². The van der Waals surface area contributed by atoms with Gasteiger partial charge in [0.25, 0.3) is 0 Å². The maximum absolute atomic E-state index is 14.2. The number of benzene rings is 2. The number of rotatable bonds is 3. The van der Waals surface area contributed by atoms with Gasteiger partial charge in [-0.2, -0.15) is 0 Å². The molecule has 0 aliphatic rings. The van der Waals surface area contributed by atoms with E-state index < -0.39 is 17.7 Å². The molecule has 0 fully saturated rings. The van der Waals surface area contributed by atoms with Crippen LogP contribution in [0.1, 0.15) is 28.3 Å². The number of halogens is 3. The second kappa shape index (κ2) is 6.02. The third-order valence-corrected chi connectivity index (χ3v) is 4.13. The van der Waals surface area contributed by atoms with Gasteiger partial charge in [-0.15, -0.1) is 0 Å². The van der Waals surface area contributed by atoms with Gasteiger partial charge in [0.05, 0.1) is 10.5 Å². The van der Waals surface area contributed by atoms with Crippen molar-refractivity contribution in [1.82, 2.24) is 5.32 Å². The molecular weight excluding hydrogens is 324 g/mol. The van der Waals surface area contributed by atoms with Crippen molar-refractivity contribution in [2.24, 2.45) is 0 Å². The Hall–Kier alpha value is -1.26. The zero-order valence-corrected chi connectivity index (χ0v) is 13.2. The molecule has 0 aliphatic heterocycles. The van der Waals surface area contributed by atoms with Crippen molar-refractivity contribution in [1.29, 1.82) is 0 Å². The topological polar surface area (TPSA) is 12.0 Å². The summed E-state index contributed by atoms with van der Waals surface area (Å²) in [5.74, 6) is -1.12. The summed E-state index contributed by atoms with van der Waals surface area (Å²) in [5.41, 5.74) is 3.12. The smallest absolute Gasteiger partial charge is 0.145 e. The molecule has 0 aromatic heterocycles. The summed E-state index contributed by atoms with van der Waals surface area (Å²) in [4.78, 5) is 0. The zero-order valence-electron chi connectivity index (χ0n) is 11.6. The molecule has 106 valence electrons. The standard InChI is InChI=1S/C16H16BrF2N/c1-9-4-5-11(8-10(9)2)16(20-3)14-13(18)7-6-12(17)15(14)19/h4-8,16,20H,1-3H3. The third kappa shape index (κ3) is 2.76. The van der Waals surface area contributed by atoms with Gasteiger partial charge < -0.3 is 5.32 Å². The lowest BCUT2D eigenvalue weighted by Crippen LogP contribution is -2.21. The minimum atomic E-state index is -0.567. The van der Waals surface area contributed by atoms with Crippen molar-refractivity contribution in [3.8, 4) is 0 Å². The molecule has 2 aromatic carbocycles. The fourth-order valence-corrected chi connectivity index (χ4v) is 2.57. The van der Waals surface area contributed by atoms with Crippen LogP contribution in [0.25, 0.3) is 0 Å². The van der Waals surface area contributed by atoms with Gasteiger partial charge in [-0.25, -0.2) is 8.78 Å². The van der Waals surface area contributed by atoms with E-state index >= 15 is 0 Å². The van der Waals surface area contributed by atoms with E-state index in [1.165, 1.54) is 12.1 Å². The molecule has 2 rings (SSSR count). The Morgan fingerprint density at radius 2 is 1.75 bits per heavy atom. The fraction of sp³-hybridized carbons (Fsp3) is 0.250. The number of aryl methyl sites for hydroxylation is 2.